The monoisotopic (exact) mass is 646 g/mol. The number of aliphatic hydroxyl groups is 2. The first kappa shape index (κ1) is 36.9. The largest absolute Gasteiger partial charge is 0.508 e. The van der Waals surface area contributed by atoms with Crippen LogP contribution in [0.1, 0.15) is 58.4 Å². The lowest BCUT2D eigenvalue weighted by molar-refractivity contribution is -0.143. The third-order valence-electron chi connectivity index (χ3n) is 7.23. The minimum absolute atomic E-state index is 0.107. The fraction of sp³-hybridized carbons (Fsp3) is 0.368. The average Bonchev–Trinajstić information content (AvgIpc) is 2.99. The summed E-state index contributed by atoms with van der Waals surface area (Å²) < 4.78 is 22.6. The molecule has 9 heteroatoms. The van der Waals surface area contributed by atoms with Gasteiger partial charge in [0.1, 0.15) is 55.9 Å². The zero-order valence-electron chi connectivity index (χ0n) is 28.1. The molecular formula is C38H46O9. The molecule has 0 saturated carbocycles. The number of aromatic hydroxyl groups is 1. The Morgan fingerprint density at radius 1 is 0.638 bits per heavy atom. The van der Waals surface area contributed by atoms with Gasteiger partial charge in [-0.3, -0.25) is 0 Å². The van der Waals surface area contributed by atoms with E-state index in [1.54, 1.807) is 6.07 Å². The maximum atomic E-state index is 11.9. The smallest absolute Gasteiger partial charge is 0.333 e. The van der Waals surface area contributed by atoms with Gasteiger partial charge in [-0.15, -0.1) is 0 Å². The Morgan fingerprint density at radius 3 is 1.57 bits per heavy atom. The lowest BCUT2D eigenvalue weighted by Gasteiger charge is -2.22. The van der Waals surface area contributed by atoms with Gasteiger partial charge >= 0.3 is 11.9 Å². The van der Waals surface area contributed by atoms with E-state index < -0.39 is 24.1 Å². The van der Waals surface area contributed by atoms with Gasteiger partial charge in [-0.2, -0.15) is 0 Å². The van der Waals surface area contributed by atoms with Crippen LogP contribution < -0.4 is 9.47 Å². The number of phenols is 1. The number of carbonyl (C=O) groups is 2. The Balaban J connectivity index is 1.96. The fourth-order valence-electron chi connectivity index (χ4n) is 5.07. The summed E-state index contributed by atoms with van der Waals surface area (Å²) in [5, 5.41) is 31.7. The molecule has 9 nitrogen and oxygen atoms in total. The van der Waals surface area contributed by atoms with Crippen molar-refractivity contribution in [2.75, 3.05) is 26.4 Å². The van der Waals surface area contributed by atoms with Crippen LogP contribution in [-0.2, 0) is 31.9 Å². The maximum absolute atomic E-state index is 11.9. The SMILES string of the molecule is C=C(C)C(=O)OCC(O)COc1c(C)cc(C)cc1Cc1cc(C)cc(Cc2cc(C)ccc2O)c1OCC(O)COC(=O)C(=C)C. The summed E-state index contributed by atoms with van der Waals surface area (Å²) in [6, 6.07) is 13.4. The van der Waals surface area contributed by atoms with Crippen LogP contribution >= 0.6 is 0 Å². The fourth-order valence-corrected chi connectivity index (χ4v) is 5.07. The Kier molecular flexibility index (Phi) is 13.2. The third-order valence-corrected chi connectivity index (χ3v) is 7.23. The summed E-state index contributed by atoms with van der Waals surface area (Å²) in [6.45, 7) is 17.2. The van der Waals surface area contributed by atoms with Gasteiger partial charge in [0.05, 0.1) is 0 Å². The van der Waals surface area contributed by atoms with E-state index in [9.17, 15) is 24.9 Å². The second-order valence-corrected chi connectivity index (χ2v) is 12.2. The molecule has 2 unspecified atom stereocenters. The topological polar surface area (TPSA) is 132 Å². The van der Waals surface area contributed by atoms with E-state index in [0.717, 1.165) is 44.5 Å². The molecule has 0 heterocycles. The van der Waals surface area contributed by atoms with Gasteiger partial charge in [-0.1, -0.05) is 66.2 Å². The molecule has 0 radical (unpaired) electrons. The Bertz CT molecular complexity index is 1620. The molecule has 0 bridgehead atoms. The molecule has 0 spiro atoms. The van der Waals surface area contributed by atoms with Gasteiger partial charge in [0.25, 0.3) is 0 Å². The molecule has 0 aromatic heterocycles. The van der Waals surface area contributed by atoms with Crippen LogP contribution in [0.25, 0.3) is 0 Å². The molecule has 0 saturated heterocycles. The van der Waals surface area contributed by atoms with Gasteiger partial charge < -0.3 is 34.3 Å². The highest BCUT2D eigenvalue weighted by Gasteiger charge is 2.20. The van der Waals surface area contributed by atoms with Crippen molar-refractivity contribution < 1.29 is 43.9 Å². The molecule has 0 aliphatic rings. The van der Waals surface area contributed by atoms with Crippen molar-refractivity contribution in [3.05, 3.63) is 111 Å². The van der Waals surface area contributed by atoms with Crippen molar-refractivity contribution in [1.29, 1.82) is 0 Å². The van der Waals surface area contributed by atoms with Crippen LogP contribution in [0.4, 0.5) is 0 Å². The number of aliphatic hydroxyl groups excluding tert-OH is 2. The third kappa shape index (κ3) is 11.0. The molecule has 252 valence electrons. The first-order valence-electron chi connectivity index (χ1n) is 15.4. The van der Waals surface area contributed by atoms with E-state index >= 15 is 0 Å². The second kappa shape index (κ2) is 16.8. The number of ether oxygens (including phenoxy) is 4. The molecule has 47 heavy (non-hydrogen) atoms. The highest BCUT2D eigenvalue weighted by molar-refractivity contribution is 5.87. The van der Waals surface area contributed by atoms with E-state index in [4.69, 9.17) is 18.9 Å². The van der Waals surface area contributed by atoms with Crippen LogP contribution in [0, 0.1) is 27.7 Å². The summed E-state index contributed by atoms with van der Waals surface area (Å²) in [5.74, 6) is 0.0830. The van der Waals surface area contributed by atoms with E-state index in [1.807, 2.05) is 64.1 Å². The number of rotatable bonds is 16. The molecule has 3 N–H and O–H groups in total. The predicted molar refractivity (Wildman–Crippen MR) is 180 cm³/mol. The Hall–Kier alpha value is -4.60. The molecule has 3 rings (SSSR count). The van der Waals surface area contributed by atoms with Gasteiger partial charge in [0.2, 0.25) is 0 Å². The van der Waals surface area contributed by atoms with E-state index in [2.05, 4.69) is 13.2 Å². The zero-order valence-corrected chi connectivity index (χ0v) is 28.1. The Morgan fingerprint density at radius 2 is 1.06 bits per heavy atom. The summed E-state index contributed by atoms with van der Waals surface area (Å²) >= 11 is 0. The van der Waals surface area contributed by atoms with Gasteiger partial charge in [0, 0.05) is 24.0 Å². The number of hydrogen-bond donors (Lipinski definition) is 3. The van der Waals surface area contributed by atoms with Crippen LogP contribution in [0.3, 0.4) is 0 Å². The molecule has 3 aromatic carbocycles. The van der Waals surface area contributed by atoms with Gasteiger partial charge in [-0.05, 0) is 75.4 Å². The quantitative estimate of drug-likeness (QED) is 0.136. The highest BCUT2D eigenvalue weighted by atomic mass is 16.6. The predicted octanol–water partition coefficient (Wildman–Crippen LogP) is 5.53. The molecule has 0 aliphatic carbocycles. The molecule has 0 amide bonds. The lowest BCUT2D eigenvalue weighted by atomic mass is 9.93. The summed E-state index contributed by atoms with van der Waals surface area (Å²) in [5.41, 5.74) is 7.47. The van der Waals surface area contributed by atoms with E-state index in [0.29, 0.717) is 24.3 Å². The van der Waals surface area contributed by atoms with Crippen LogP contribution in [0.5, 0.6) is 17.2 Å². The van der Waals surface area contributed by atoms with Crippen molar-refractivity contribution in [2.24, 2.45) is 0 Å². The van der Waals surface area contributed by atoms with E-state index in [1.165, 1.54) is 13.8 Å². The minimum atomic E-state index is -1.10. The second-order valence-electron chi connectivity index (χ2n) is 12.2. The van der Waals surface area contributed by atoms with Crippen molar-refractivity contribution in [1.82, 2.24) is 0 Å². The number of benzene rings is 3. The van der Waals surface area contributed by atoms with Crippen molar-refractivity contribution in [2.45, 2.75) is 66.6 Å². The molecule has 0 fully saturated rings. The van der Waals surface area contributed by atoms with Gasteiger partial charge in [-0.25, -0.2) is 9.59 Å². The maximum Gasteiger partial charge on any atom is 0.333 e. The van der Waals surface area contributed by atoms with Crippen molar-refractivity contribution in [3.63, 3.8) is 0 Å². The summed E-state index contributed by atoms with van der Waals surface area (Å²) in [7, 11) is 0. The van der Waals surface area contributed by atoms with Crippen LogP contribution in [0.2, 0.25) is 0 Å². The number of esters is 2. The summed E-state index contributed by atoms with van der Waals surface area (Å²) in [6.07, 6.45) is -1.42. The standard InChI is InChI=1S/C38H46O9/c1-22(2)37(42)46-20-32(39)18-44-35-27(8)11-25(6)13-29(35)17-31-15-26(7)14-30(16-28-12-24(5)9-10-34(28)41)36(31)45-19-33(40)21-47-38(43)23(3)4/h9-15,32-33,39-41H,1,3,16-21H2,2,4-8H3. The van der Waals surface area contributed by atoms with Crippen LogP contribution in [-0.4, -0.2) is 65.9 Å². The summed E-state index contributed by atoms with van der Waals surface area (Å²) in [4.78, 5) is 23.6. The first-order valence-corrected chi connectivity index (χ1v) is 15.4. The molecule has 3 aromatic rings. The van der Waals surface area contributed by atoms with Crippen molar-refractivity contribution in [3.8, 4) is 17.2 Å². The van der Waals surface area contributed by atoms with Gasteiger partial charge in [0.15, 0.2) is 0 Å². The average molecular weight is 647 g/mol. The number of aryl methyl sites for hydroxylation is 4. The zero-order chi connectivity index (χ0) is 34.8. The molecule has 2 atom stereocenters. The highest BCUT2D eigenvalue weighted by Crippen LogP contribution is 2.35. The number of carbonyl (C=O) groups excluding carboxylic acids is 2. The lowest BCUT2D eigenvalue weighted by Crippen LogP contribution is -2.26. The molecular weight excluding hydrogens is 600 g/mol. The van der Waals surface area contributed by atoms with Crippen LogP contribution in [0.15, 0.2) is 66.8 Å². The normalized spacial score (nSPS) is 12.2. The Labute approximate surface area is 277 Å². The van der Waals surface area contributed by atoms with Crippen molar-refractivity contribution >= 4 is 11.9 Å². The number of phenolic OH excluding ortho intramolecular Hbond substituents is 1. The minimum Gasteiger partial charge on any atom is -0.508 e. The van der Waals surface area contributed by atoms with E-state index in [-0.39, 0.29) is 43.3 Å². The number of hydrogen-bond acceptors (Lipinski definition) is 9. The molecule has 0 aliphatic heterocycles. The first-order chi connectivity index (χ1) is 22.1.